The zero-order chi connectivity index (χ0) is 32.0. The number of allylic oxidation sites excluding steroid dienone is 3. The summed E-state index contributed by atoms with van der Waals surface area (Å²) in [6.07, 6.45) is 0.870. The summed E-state index contributed by atoms with van der Waals surface area (Å²) in [5, 5.41) is 3.45. The second-order valence-corrected chi connectivity index (χ2v) is 11.5. The topological polar surface area (TPSA) is 83.1 Å². The van der Waals surface area contributed by atoms with E-state index in [4.69, 9.17) is 18.9 Å². The molecular formula is C39H37NO6. The van der Waals surface area contributed by atoms with Gasteiger partial charge in [-0.05, 0) is 54.2 Å². The Balaban J connectivity index is 1.38. The molecule has 1 N–H and O–H groups in total. The fraction of sp³-hybridized carbons (Fsp3) is 0.231. The SMILES string of the molecule is COc1ccc([C@@H]2CC(=O)C3=C(C2)NC(C)=C(C(=O)OCc2ccccc2)[C@@H]3c2ccccc2OCc2ccccc2)cc1OC. The van der Waals surface area contributed by atoms with E-state index < -0.39 is 11.9 Å². The maximum Gasteiger partial charge on any atom is 0.337 e. The van der Waals surface area contributed by atoms with Crippen molar-refractivity contribution in [1.29, 1.82) is 0 Å². The van der Waals surface area contributed by atoms with E-state index >= 15 is 0 Å². The molecule has 0 radical (unpaired) electrons. The number of carbonyl (C=O) groups excluding carboxylic acids is 2. The molecule has 0 spiro atoms. The molecule has 234 valence electrons. The van der Waals surface area contributed by atoms with Crippen molar-refractivity contribution in [3.05, 3.63) is 148 Å². The molecule has 1 heterocycles. The predicted molar refractivity (Wildman–Crippen MR) is 176 cm³/mol. The van der Waals surface area contributed by atoms with Crippen molar-refractivity contribution in [3.63, 3.8) is 0 Å². The molecular weight excluding hydrogens is 578 g/mol. The van der Waals surface area contributed by atoms with E-state index in [1.54, 1.807) is 14.2 Å². The number of dihydropyridines is 1. The van der Waals surface area contributed by atoms with Crippen LogP contribution in [0.5, 0.6) is 17.2 Å². The number of esters is 1. The minimum atomic E-state index is -0.662. The highest BCUT2D eigenvalue weighted by Gasteiger charge is 2.42. The lowest BCUT2D eigenvalue weighted by molar-refractivity contribution is -0.140. The number of Topliss-reactive ketones (excluding diaryl/α,β-unsaturated/α-hetero) is 1. The Kier molecular flexibility index (Phi) is 9.20. The van der Waals surface area contributed by atoms with Crippen LogP contribution >= 0.6 is 0 Å². The van der Waals surface area contributed by atoms with Crippen molar-refractivity contribution >= 4 is 11.8 Å². The second kappa shape index (κ2) is 13.8. The summed E-state index contributed by atoms with van der Waals surface area (Å²) in [4.78, 5) is 28.2. The van der Waals surface area contributed by atoms with Crippen LogP contribution in [0.4, 0.5) is 0 Å². The van der Waals surface area contributed by atoms with Crippen LogP contribution in [0, 0.1) is 0 Å². The van der Waals surface area contributed by atoms with E-state index in [-0.39, 0.29) is 24.7 Å². The third-order valence-electron chi connectivity index (χ3n) is 8.61. The summed E-state index contributed by atoms with van der Waals surface area (Å²) in [6, 6.07) is 32.9. The van der Waals surface area contributed by atoms with E-state index in [2.05, 4.69) is 5.32 Å². The number of hydrogen-bond acceptors (Lipinski definition) is 7. The van der Waals surface area contributed by atoms with Crippen molar-refractivity contribution in [2.75, 3.05) is 14.2 Å². The molecule has 1 aliphatic heterocycles. The number of hydrogen-bond donors (Lipinski definition) is 1. The fourth-order valence-corrected chi connectivity index (χ4v) is 6.35. The van der Waals surface area contributed by atoms with Crippen LogP contribution in [0.3, 0.4) is 0 Å². The molecule has 0 amide bonds. The Morgan fingerprint density at radius 2 is 1.41 bits per heavy atom. The van der Waals surface area contributed by atoms with Crippen LogP contribution < -0.4 is 19.5 Å². The lowest BCUT2D eigenvalue weighted by Crippen LogP contribution is -2.36. The molecule has 0 saturated heterocycles. The van der Waals surface area contributed by atoms with E-state index in [1.165, 1.54) is 0 Å². The average Bonchev–Trinajstić information content (AvgIpc) is 3.09. The number of nitrogens with one attached hydrogen (secondary N) is 1. The van der Waals surface area contributed by atoms with Crippen LogP contribution in [-0.4, -0.2) is 26.0 Å². The molecule has 0 saturated carbocycles. The van der Waals surface area contributed by atoms with E-state index in [0.29, 0.717) is 47.1 Å². The highest BCUT2D eigenvalue weighted by Crippen LogP contribution is 2.48. The summed E-state index contributed by atoms with van der Waals surface area (Å²) in [7, 11) is 3.20. The molecule has 0 unspecified atom stereocenters. The zero-order valence-electron chi connectivity index (χ0n) is 26.2. The highest BCUT2D eigenvalue weighted by molar-refractivity contribution is 6.04. The molecule has 7 heteroatoms. The molecule has 0 aromatic heterocycles. The maximum absolute atomic E-state index is 14.2. The largest absolute Gasteiger partial charge is 0.493 e. The van der Waals surface area contributed by atoms with Crippen LogP contribution in [-0.2, 0) is 27.5 Å². The molecule has 46 heavy (non-hydrogen) atoms. The van der Waals surface area contributed by atoms with Crippen LogP contribution in [0.15, 0.2) is 126 Å². The van der Waals surface area contributed by atoms with Gasteiger partial charge in [0, 0.05) is 29.0 Å². The molecule has 2 atom stereocenters. The van der Waals surface area contributed by atoms with Gasteiger partial charge in [-0.2, -0.15) is 0 Å². The van der Waals surface area contributed by atoms with Crippen LogP contribution in [0.2, 0.25) is 0 Å². The summed E-state index contributed by atoms with van der Waals surface area (Å²) in [6.45, 7) is 2.34. The lowest BCUT2D eigenvalue weighted by atomic mass is 9.71. The Hall–Kier alpha value is -5.30. The quantitative estimate of drug-likeness (QED) is 0.186. The molecule has 4 aromatic rings. The molecule has 2 aliphatic rings. The Bertz CT molecular complexity index is 1790. The number of methoxy groups -OCH3 is 2. The standard InChI is InChI=1S/C39H37NO6/c1-25-36(39(42)46-24-27-14-8-5-9-15-27)37(30-16-10-11-17-33(30)45-23-26-12-6-4-7-13-26)38-31(40-25)20-29(21-32(38)41)28-18-19-34(43-2)35(22-28)44-3/h4-19,22,29,37,40H,20-21,23-24H2,1-3H3/t29-,37-/m0/s1. The van der Waals surface area contributed by atoms with Gasteiger partial charge in [-0.15, -0.1) is 0 Å². The molecule has 7 nitrogen and oxygen atoms in total. The van der Waals surface area contributed by atoms with Crippen molar-refractivity contribution in [3.8, 4) is 17.2 Å². The zero-order valence-corrected chi connectivity index (χ0v) is 26.2. The number of carbonyl (C=O) groups is 2. The van der Waals surface area contributed by atoms with E-state index in [9.17, 15) is 9.59 Å². The summed E-state index contributed by atoms with van der Waals surface area (Å²) < 4.78 is 23.2. The van der Waals surface area contributed by atoms with E-state index in [1.807, 2.05) is 110 Å². The van der Waals surface area contributed by atoms with Gasteiger partial charge in [-0.25, -0.2) is 4.79 Å². The minimum Gasteiger partial charge on any atom is -0.493 e. The Morgan fingerprint density at radius 3 is 2.11 bits per heavy atom. The van der Waals surface area contributed by atoms with E-state index in [0.717, 1.165) is 28.0 Å². The van der Waals surface area contributed by atoms with Crippen LogP contribution in [0.1, 0.15) is 53.9 Å². The molecule has 0 fully saturated rings. The maximum atomic E-state index is 14.2. The van der Waals surface area contributed by atoms with Gasteiger partial charge in [-0.1, -0.05) is 84.9 Å². The molecule has 0 bridgehead atoms. The predicted octanol–water partition coefficient (Wildman–Crippen LogP) is 7.39. The van der Waals surface area contributed by atoms with Gasteiger partial charge >= 0.3 is 5.97 Å². The van der Waals surface area contributed by atoms with Crippen molar-refractivity contribution < 1.29 is 28.5 Å². The van der Waals surface area contributed by atoms with Crippen molar-refractivity contribution in [2.45, 2.75) is 44.8 Å². The first kappa shape index (κ1) is 30.7. The number of ketones is 1. The summed E-state index contributed by atoms with van der Waals surface area (Å²) >= 11 is 0. The Morgan fingerprint density at radius 1 is 0.761 bits per heavy atom. The molecule has 6 rings (SSSR count). The highest BCUT2D eigenvalue weighted by atomic mass is 16.5. The van der Waals surface area contributed by atoms with Gasteiger partial charge in [0.15, 0.2) is 17.3 Å². The first-order valence-electron chi connectivity index (χ1n) is 15.4. The van der Waals surface area contributed by atoms with Gasteiger partial charge in [0.05, 0.1) is 25.7 Å². The second-order valence-electron chi connectivity index (χ2n) is 11.5. The fourth-order valence-electron chi connectivity index (χ4n) is 6.35. The summed E-state index contributed by atoms with van der Waals surface area (Å²) in [5.41, 5.74) is 6.06. The minimum absolute atomic E-state index is 0.0303. The number of ether oxygens (including phenoxy) is 4. The lowest BCUT2D eigenvalue weighted by Gasteiger charge is -2.37. The smallest absolute Gasteiger partial charge is 0.337 e. The van der Waals surface area contributed by atoms with Crippen LogP contribution in [0.25, 0.3) is 0 Å². The first-order valence-corrected chi connectivity index (χ1v) is 15.4. The number of rotatable bonds is 10. The van der Waals surface area contributed by atoms with Gasteiger partial charge < -0.3 is 24.3 Å². The Labute approximate surface area is 269 Å². The number of benzene rings is 4. The molecule has 1 aliphatic carbocycles. The van der Waals surface area contributed by atoms with Crippen molar-refractivity contribution in [2.24, 2.45) is 0 Å². The third-order valence-corrected chi connectivity index (χ3v) is 8.61. The normalized spacial score (nSPS) is 17.6. The number of para-hydroxylation sites is 1. The average molecular weight is 616 g/mol. The van der Waals surface area contributed by atoms with Crippen molar-refractivity contribution in [1.82, 2.24) is 5.32 Å². The monoisotopic (exact) mass is 615 g/mol. The van der Waals surface area contributed by atoms with Gasteiger partial charge in [-0.3, -0.25) is 4.79 Å². The summed E-state index contributed by atoms with van der Waals surface area (Å²) in [5.74, 6) is 0.615. The van der Waals surface area contributed by atoms with Gasteiger partial charge in [0.25, 0.3) is 0 Å². The third kappa shape index (κ3) is 6.40. The van der Waals surface area contributed by atoms with Gasteiger partial charge in [0.2, 0.25) is 0 Å². The molecule has 4 aromatic carbocycles. The van der Waals surface area contributed by atoms with Gasteiger partial charge in [0.1, 0.15) is 19.0 Å². The first-order chi connectivity index (χ1) is 22.5.